The van der Waals surface area contributed by atoms with E-state index in [0.29, 0.717) is 11.0 Å². The number of furan rings is 1. The molecule has 0 bridgehead atoms. The van der Waals surface area contributed by atoms with E-state index in [9.17, 15) is 9.18 Å². The molecule has 0 atom stereocenters. The van der Waals surface area contributed by atoms with Crippen LogP contribution in [0.5, 0.6) is 5.95 Å². The predicted molar refractivity (Wildman–Crippen MR) is 78.3 cm³/mol. The summed E-state index contributed by atoms with van der Waals surface area (Å²) in [6.07, 6.45) is 0. The van der Waals surface area contributed by atoms with Gasteiger partial charge in [0, 0.05) is 5.39 Å². The lowest BCUT2D eigenvalue weighted by atomic mass is 10.2. The molecular weight excluding hydrogens is 287 g/mol. The van der Waals surface area contributed by atoms with Crippen molar-refractivity contribution in [3.05, 3.63) is 65.5 Å². The zero-order valence-corrected chi connectivity index (χ0v) is 11.8. The van der Waals surface area contributed by atoms with Crippen LogP contribution < -0.4 is 4.74 Å². The average molecular weight is 300 g/mol. The second-order valence-corrected chi connectivity index (χ2v) is 4.67. The van der Waals surface area contributed by atoms with Crippen molar-refractivity contribution in [2.45, 2.75) is 6.61 Å². The van der Waals surface area contributed by atoms with Crippen LogP contribution in [0.3, 0.4) is 0 Å². The molecule has 0 saturated heterocycles. The molecule has 1 heterocycles. The van der Waals surface area contributed by atoms with Crippen molar-refractivity contribution in [2.75, 3.05) is 7.11 Å². The van der Waals surface area contributed by atoms with Crippen molar-refractivity contribution < 1.29 is 23.1 Å². The van der Waals surface area contributed by atoms with Crippen LogP contribution in [0.15, 0.2) is 52.9 Å². The monoisotopic (exact) mass is 300 g/mol. The molecule has 0 aliphatic rings. The van der Waals surface area contributed by atoms with Gasteiger partial charge < -0.3 is 13.9 Å². The van der Waals surface area contributed by atoms with Gasteiger partial charge in [0.15, 0.2) is 5.56 Å². The van der Waals surface area contributed by atoms with E-state index in [0.717, 1.165) is 5.56 Å². The number of fused-ring (bicyclic) bond motifs is 1. The van der Waals surface area contributed by atoms with Gasteiger partial charge in [-0.1, -0.05) is 30.3 Å². The fourth-order valence-electron chi connectivity index (χ4n) is 2.15. The third-order valence-electron chi connectivity index (χ3n) is 3.24. The summed E-state index contributed by atoms with van der Waals surface area (Å²) < 4.78 is 28.8. The van der Waals surface area contributed by atoms with Gasteiger partial charge in [-0.2, -0.15) is 0 Å². The van der Waals surface area contributed by atoms with E-state index in [1.54, 1.807) is 36.4 Å². The first-order valence-electron chi connectivity index (χ1n) is 6.66. The third-order valence-corrected chi connectivity index (χ3v) is 3.24. The van der Waals surface area contributed by atoms with Crippen molar-refractivity contribution in [1.82, 2.24) is 0 Å². The van der Waals surface area contributed by atoms with Crippen LogP contribution >= 0.6 is 0 Å². The maximum atomic E-state index is 12.9. The molecule has 5 heteroatoms. The van der Waals surface area contributed by atoms with Gasteiger partial charge in [0.05, 0.1) is 7.11 Å². The lowest BCUT2D eigenvalue weighted by Crippen LogP contribution is -2.04. The summed E-state index contributed by atoms with van der Waals surface area (Å²) in [7, 11) is 1.30. The number of rotatable bonds is 4. The third kappa shape index (κ3) is 2.65. The van der Waals surface area contributed by atoms with Gasteiger partial charge in [-0.05, 0) is 23.8 Å². The maximum Gasteiger partial charge on any atom is 0.345 e. The standard InChI is InChI=1S/C17H13FO4/c1-20-16(19)15-13-4-2-3-5-14(13)22-17(15)21-10-11-6-8-12(18)9-7-11/h2-9H,10H2,1H3. The second-order valence-electron chi connectivity index (χ2n) is 4.67. The smallest absolute Gasteiger partial charge is 0.345 e. The molecule has 0 aliphatic heterocycles. The summed E-state index contributed by atoms with van der Waals surface area (Å²) >= 11 is 0. The lowest BCUT2D eigenvalue weighted by Gasteiger charge is -2.05. The number of esters is 1. The SMILES string of the molecule is COC(=O)c1c(OCc2ccc(F)cc2)oc2ccccc12. The van der Waals surface area contributed by atoms with Crippen molar-refractivity contribution in [3.8, 4) is 5.95 Å². The fraction of sp³-hybridized carbons (Fsp3) is 0.118. The molecule has 2 aromatic carbocycles. The minimum absolute atomic E-state index is 0.0948. The Kier molecular flexibility index (Phi) is 3.78. The number of benzene rings is 2. The van der Waals surface area contributed by atoms with Crippen LogP contribution in [-0.2, 0) is 11.3 Å². The Hall–Kier alpha value is -2.82. The molecular formula is C17H13FO4. The number of carbonyl (C=O) groups is 1. The maximum absolute atomic E-state index is 12.9. The van der Waals surface area contributed by atoms with Crippen molar-refractivity contribution in [3.63, 3.8) is 0 Å². The molecule has 0 N–H and O–H groups in total. The Morgan fingerprint density at radius 1 is 1.14 bits per heavy atom. The normalized spacial score (nSPS) is 10.6. The number of para-hydroxylation sites is 1. The Bertz CT molecular complexity index is 805. The van der Waals surface area contributed by atoms with E-state index in [4.69, 9.17) is 13.9 Å². The van der Waals surface area contributed by atoms with Crippen LogP contribution in [0.25, 0.3) is 11.0 Å². The Morgan fingerprint density at radius 2 is 1.86 bits per heavy atom. The molecule has 3 rings (SSSR count). The van der Waals surface area contributed by atoms with E-state index in [1.165, 1.54) is 19.2 Å². The minimum atomic E-state index is -0.529. The summed E-state index contributed by atoms with van der Waals surface area (Å²) in [6.45, 7) is 0.157. The molecule has 0 unspecified atom stereocenters. The van der Waals surface area contributed by atoms with Crippen LogP contribution in [0, 0.1) is 5.82 Å². The topological polar surface area (TPSA) is 48.7 Å². The average Bonchev–Trinajstić information content (AvgIpc) is 2.92. The van der Waals surface area contributed by atoms with E-state index >= 15 is 0 Å². The van der Waals surface area contributed by atoms with Crippen LogP contribution in [-0.4, -0.2) is 13.1 Å². The van der Waals surface area contributed by atoms with E-state index in [-0.39, 0.29) is 23.9 Å². The Labute approximate surface area is 126 Å². The molecule has 0 aliphatic carbocycles. The lowest BCUT2D eigenvalue weighted by molar-refractivity contribution is 0.0594. The van der Waals surface area contributed by atoms with E-state index in [1.807, 2.05) is 0 Å². The highest BCUT2D eigenvalue weighted by Crippen LogP contribution is 2.32. The van der Waals surface area contributed by atoms with Crippen molar-refractivity contribution in [1.29, 1.82) is 0 Å². The number of carbonyl (C=O) groups excluding carboxylic acids is 1. The molecule has 0 fully saturated rings. The molecule has 4 nitrogen and oxygen atoms in total. The summed E-state index contributed by atoms with van der Waals surface area (Å²) in [5.41, 5.74) is 1.55. The molecule has 1 aromatic heterocycles. The van der Waals surface area contributed by atoms with Crippen molar-refractivity contribution >= 4 is 16.9 Å². The largest absolute Gasteiger partial charge is 0.465 e. The number of halogens is 1. The number of hydrogen-bond donors (Lipinski definition) is 0. The zero-order valence-electron chi connectivity index (χ0n) is 11.8. The number of methoxy groups -OCH3 is 1. The Morgan fingerprint density at radius 3 is 2.59 bits per heavy atom. The van der Waals surface area contributed by atoms with Gasteiger partial charge >= 0.3 is 11.9 Å². The van der Waals surface area contributed by atoms with Gasteiger partial charge in [-0.3, -0.25) is 0 Å². The highest BCUT2D eigenvalue weighted by atomic mass is 19.1. The van der Waals surface area contributed by atoms with Crippen LogP contribution in [0.1, 0.15) is 15.9 Å². The molecule has 0 spiro atoms. The molecule has 112 valence electrons. The van der Waals surface area contributed by atoms with Gasteiger partial charge in [0.1, 0.15) is 18.0 Å². The van der Waals surface area contributed by atoms with Gasteiger partial charge in [-0.25, -0.2) is 9.18 Å². The number of hydrogen-bond acceptors (Lipinski definition) is 4. The highest BCUT2D eigenvalue weighted by Gasteiger charge is 2.22. The fourth-order valence-corrected chi connectivity index (χ4v) is 2.15. The molecule has 22 heavy (non-hydrogen) atoms. The molecule has 0 saturated carbocycles. The summed E-state index contributed by atoms with van der Waals surface area (Å²) in [5.74, 6) is -0.751. The summed E-state index contributed by atoms with van der Waals surface area (Å²) in [5, 5.41) is 0.628. The van der Waals surface area contributed by atoms with E-state index < -0.39 is 5.97 Å². The quantitative estimate of drug-likeness (QED) is 0.685. The van der Waals surface area contributed by atoms with Gasteiger partial charge in [0.2, 0.25) is 0 Å². The first-order valence-corrected chi connectivity index (χ1v) is 6.66. The predicted octanol–water partition coefficient (Wildman–Crippen LogP) is 3.94. The number of ether oxygens (including phenoxy) is 2. The van der Waals surface area contributed by atoms with Crippen molar-refractivity contribution in [2.24, 2.45) is 0 Å². The first kappa shape index (κ1) is 14.1. The van der Waals surface area contributed by atoms with Gasteiger partial charge in [-0.15, -0.1) is 0 Å². The Balaban J connectivity index is 1.92. The molecule has 0 radical (unpaired) electrons. The van der Waals surface area contributed by atoms with Gasteiger partial charge in [0.25, 0.3) is 0 Å². The second kappa shape index (κ2) is 5.89. The minimum Gasteiger partial charge on any atom is -0.465 e. The first-order chi connectivity index (χ1) is 10.7. The summed E-state index contributed by atoms with van der Waals surface area (Å²) in [4.78, 5) is 12.0. The summed E-state index contributed by atoms with van der Waals surface area (Å²) in [6, 6.07) is 13.0. The van der Waals surface area contributed by atoms with Crippen LogP contribution in [0.4, 0.5) is 4.39 Å². The molecule has 3 aromatic rings. The van der Waals surface area contributed by atoms with E-state index in [2.05, 4.69) is 0 Å². The highest BCUT2D eigenvalue weighted by molar-refractivity contribution is 6.05. The molecule has 0 amide bonds. The zero-order chi connectivity index (χ0) is 15.5. The van der Waals surface area contributed by atoms with Crippen LogP contribution in [0.2, 0.25) is 0 Å².